The summed E-state index contributed by atoms with van der Waals surface area (Å²) in [5.74, 6) is 0.0349. The monoisotopic (exact) mass is 417 g/mol. The molecule has 2 aliphatic rings. The number of benzene rings is 1. The average Bonchev–Trinajstić information content (AvgIpc) is 2.66. The highest BCUT2D eigenvalue weighted by Gasteiger charge is 2.29. The highest BCUT2D eigenvalue weighted by Crippen LogP contribution is 2.31. The SMILES string of the molecule is CC(C)(C)OC(=O)N1CCC(COc2ccc(C3CCC(=O)NC3=O)cc2N)CC1. The number of nitrogens with two attached hydrogens (primary N) is 1. The van der Waals surface area contributed by atoms with E-state index in [1.165, 1.54) is 0 Å². The van der Waals surface area contributed by atoms with Gasteiger partial charge >= 0.3 is 6.09 Å². The van der Waals surface area contributed by atoms with Crippen LogP contribution in [0.15, 0.2) is 18.2 Å². The Morgan fingerprint density at radius 3 is 2.50 bits per heavy atom. The number of hydrogen-bond acceptors (Lipinski definition) is 6. The van der Waals surface area contributed by atoms with E-state index in [2.05, 4.69) is 5.32 Å². The summed E-state index contributed by atoms with van der Waals surface area (Å²) in [4.78, 5) is 37.3. The zero-order valence-corrected chi connectivity index (χ0v) is 17.9. The van der Waals surface area contributed by atoms with Gasteiger partial charge in [0.1, 0.15) is 11.4 Å². The maximum Gasteiger partial charge on any atom is 0.410 e. The Hall–Kier alpha value is -2.77. The predicted octanol–water partition coefficient (Wildman–Crippen LogP) is 2.81. The molecule has 2 aliphatic heterocycles. The highest BCUT2D eigenvalue weighted by atomic mass is 16.6. The largest absolute Gasteiger partial charge is 0.491 e. The number of nitrogens with zero attached hydrogens (tertiary/aromatic N) is 1. The van der Waals surface area contributed by atoms with E-state index < -0.39 is 5.60 Å². The summed E-state index contributed by atoms with van der Waals surface area (Å²) in [5.41, 5.74) is 6.92. The van der Waals surface area contributed by atoms with Gasteiger partial charge in [-0.1, -0.05) is 6.07 Å². The van der Waals surface area contributed by atoms with E-state index in [9.17, 15) is 14.4 Å². The molecule has 3 N–H and O–H groups in total. The van der Waals surface area contributed by atoms with E-state index in [0.717, 1.165) is 18.4 Å². The van der Waals surface area contributed by atoms with Crippen LogP contribution >= 0.6 is 0 Å². The van der Waals surface area contributed by atoms with Crippen LogP contribution in [-0.4, -0.2) is 48.1 Å². The predicted molar refractivity (Wildman–Crippen MR) is 112 cm³/mol. The van der Waals surface area contributed by atoms with Crippen LogP contribution in [0.3, 0.4) is 0 Å². The summed E-state index contributed by atoms with van der Waals surface area (Å²) in [6.45, 7) is 7.40. The number of piperidine rings is 2. The zero-order chi connectivity index (χ0) is 21.9. The van der Waals surface area contributed by atoms with Gasteiger partial charge in [0.05, 0.1) is 18.2 Å². The lowest BCUT2D eigenvalue weighted by Gasteiger charge is -2.33. The highest BCUT2D eigenvalue weighted by molar-refractivity contribution is 6.01. The fourth-order valence-electron chi connectivity index (χ4n) is 3.74. The molecule has 0 bridgehead atoms. The van der Waals surface area contributed by atoms with Crippen molar-refractivity contribution in [1.29, 1.82) is 0 Å². The molecule has 1 unspecified atom stereocenters. The number of rotatable bonds is 4. The Balaban J connectivity index is 1.49. The number of carbonyl (C=O) groups excluding carboxylic acids is 3. The van der Waals surface area contributed by atoms with Crippen LogP contribution in [0.2, 0.25) is 0 Å². The van der Waals surface area contributed by atoms with Crippen molar-refractivity contribution in [2.45, 2.75) is 58.0 Å². The summed E-state index contributed by atoms with van der Waals surface area (Å²) in [5, 5.41) is 2.37. The lowest BCUT2D eigenvalue weighted by atomic mass is 9.90. The summed E-state index contributed by atoms with van der Waals surface area (Å²) in [6, 6.07) is 5.36. The summed E-state index contributed by atoms with van der Waals surface area (Å²) < 4.78 is 11.3. The quantitative estimate of drug-likeness (QED) is 0.576. The smallest absolute Gasteiger partial charge is 0.410 e. The van der Waals surface area contributed by atoms with Gasteiger partial charge in [-0.2, -0.15) is 0 Å². The van der Waals surface area contributed by atoms with Crippen LogP contribution in [0.5, 0.6) is 5.75 Å². The molecule has 1 atom stereocenters. The van der Waals surface area contributed by atoms with Gasteiger partial charge in [-0.3, -0.25) is 14.9 Å². The maximum atomic E-state index is 12.2. The molecule has 3 rings (SSSR count). The summed E-state index contributed by atoms with van der Waals surface area (Å²) >= 11 is 0. The molecular weight excluding hydrogens is 386 g/mol. The Bertz CT molecular complexity index is 809. The Morgan fingerprint density at radius 2 is 1.90 bits per heavy atom. The van der Waals surface area contributed by atoms with Gasteiger partial charge in [-0.25, -0.2) is 4.79 Å². The first-order valence-electron chi connectivity index (χ1n) is 10.5. The molecule has 0 aromatic heterocycles. The third-order valence-electron chi connectivity index (χ3n) is 5.42. The number of likely N-dealkylation sites (tertiary alicyclic amines) is 1. The number of nitrogens with one attached hydrogen (secondary N) is 1. The zero-order valence-electron chi connectivity index (χ0n) is 17.9. The van der Waals surface area contributed by atoms with Crippen molar-refractivity contribution in [3.05, 3.63) is 23.8 Å². The molecule has 30 heavy (non-hydrogen) atoms. The van der Waals surface area contributed by atoms with E-state index in [4.69, 9.17) is 15.2 Å². The molecule has 164 valence electrons. The minimum absolute atomic E-state index is 0.234. The molecule has 2 fully saturated rings. The van der Waals surface area contributed by atoms with Gasteiger partial charge < -0.3 is 20.1 Å². The third-order valence-corrected chi connectivity index (χ3v) is 5.42. The molecule has 1 aromatic carbocycles. The van der Waals surface area contributed by atoms with Crippen LogP contribution in [0.1, 0.15) is 57.9 Å². The number of hydrogen-bond donors (Lipinski definition) is 2. The summed E-state index contributed by atoms with van der Waals surface area (Å²) in [6.07, 6.45) is 2.23. The van der Waals surface area contributed by atoms with Crippen molar-refractivity contribution in [3.63, 3.8) is 0 Å². The van der Waals surface area contributed by atoms with Gasteiger partial charge in [-0.05, 0) is 63.6 Å². The number of ether oxygens (including phenoxy) is 2. The molecule has 0 aliphatic carbocycles. The van der Waals surface area contributed by atoms with Gasteiger partial charge in [0.15, 0.2) is 0 Å². The van der Waals surface area contributed by atoms with Crippen molar-refractivity contribution in [2.75, 3.05) is 25.4 Å². The average molecular weight is 418 g/mol. The van der Waals surface area contributed by atoms with Crippen LogP contribution in [-0.2, 0) is 14.3 Å². The summed E-state index contributed by atoms with van der Waals surface area (Å²) in [7, 11) is 0. The molecule has 0 radical (unpaired) electrons. The number of nitrogen functional groups attached to an aromatic ring is 1. The Morgan fingerprint density at radius 1 is 1.20 bits per heavy atom. The van der Waals surface area contributed by atoms with Gasteiger partial charge in [0.2, 0.25) is 11.8 Å². The van der Waals surface area contributed by atoms with E-state index in [-0.39, 0.29) is 23.8 Å². The van der Waals surface area contributed by atoms with E-state index in [1.54, 1.807) is 17.0 Å². The Labute approximate surface area is 177 Å². The lowest BCUT2D eigenvalue weighted by Crippen LogP contribution is -2.42. The first-order valence-corrected chi connectivity index (χ1v) is 10.5. The van der Waals surface area contributed by atoms with Crippen molar-refractivity contribution in [3.8, 4) is 5.75 Å². The third kappa shape index (κ3) is 5.64. The molecule has 2 heterocycles. The molecule has 8 heteroatoms. The number of imide groups is 1. The second kappa shape index (κ2) is 8.93. The molecule has 0 saturated carbocycles. The van der Waals surface area contributed by atoms with Crippen molar-refractivity contribution in [2.24, 2.45) is 5.92 Å². The second-order valence-corrected chi connectivity index (χ2v) is 9.02. The van der Waals surface area contributed by atoms with E-state index in [0.29, 0.717) is 49.9 Å². The molecule has 0 spiro atoms. The molecule has 2 saturated heterocycles. The van der Waals surface area contributed by atoms with Gasteiger partial charge in [0, 0.05) is 19.5 Å². The van der Waals surface area contributed by atoms with Crippen LogP contribution in [0.4, 0.5) is 10.5 Å². The normalized spacial score (nSPS) is 20.6. The topological polar surface area (TPSA) is 111 Å². The number of anilines is 1. The molecule has 3 amide bonds. The number of carbonyl (C=O) groups is 3. The lowest BCUT2D eigenvalue weighted by molar-refractivity contribution is -0.134. The van der Waals surface area contributed by atoms with Gasteiger partial charge in [0.25, 0.3) is 0 Å². The fourth-order valence-corrected chi connectivity index (χ4v) is 3.74. The Kier molecular flexibility index (Phi) is 6.53. The minimum atomic E-state index is -0.492. The van der Waals surface area contributed by atoms with E-state index in [1.807, 2.05) is 26.8 Å². The molecule has 1 aromatic rings. The van der Waals surface area contributed by atoms with Crippen LogP contribution in [0.25, 0.3) is 0 Å². The molecular formula is C22H31N3O5. The van der Waals surface area contributed by atoms with Crippen molar-refractivity contribution in [1.82, 2.24) is 10.2 Å². The number of amides is 3. The second-order valence-electron chi connectivity index (χ2n) is 9.02. The maximum absolute atomic E-state index is 12.2. The molecule has 8 nitrogen and oxygen atoms in total. The fraction of sp³-hybridized carbons (Fsp3) is 0.591. The standard InChI is InChI=1S/C22H31N3O5/c1-22(2,3)30-21(28)25-10-8-14(9-11-25)13-29-18-6-4-15(12-17(18)23)16-5-7-19(26)24-20(16)27/h4,6,12,14,16H,5,7-11,13,23H2,1-3H3,(H,24,26,27). The van der Waals surface area contributed by atoms with Crippen LogP contribution < -0.4 is 15.8 Å². The first kappa shape index (κ1) is 21.9. The van der Waals surface area contributed by atoms with E-state index >= 15 is 0 Å². The van der Waals surface area contributed by atoms with Crippen molar-refractivity contribution >= 4 is 23.6 Å². The first-order chi connectivity index (χ1) is 14.1. The van der Waals surface area contributed by atoms with Crippen LogP contribution in [0, 0.1) is 5.92 Å². The van der Waals surface area contributed by atoms with Gasteiger partial charge in [-0.15, -0.1) is 0 Å². The van der Waals surface area contributed by atoms with Crippen molar-refractivity contribution < 1.29 is 23.9 Å². The minimum Gasteiger partial charge on any atom is -0.491 e.